The summed E-state index contributed by atoms with van der Waals surface area (Å²) in [4.78, 5) is 45.3. The Morgan fingerprint density at radius 2 is 1.35 bits per heavy atom. The molecule has 1 aromatic rings. The third-order valence-electron chi connectivity index (χ3n) is 10.3. The second kappa shape index (κ2) is 23.9. The molecule has 9 heteroatoms. The van der Waals surface area contributed by atoms with Gasteiger partial charge in [-0.15, -0.1) is 0 Å². The molecular formula is C45H79N5O3S. The molecule has 0 spiro atoms. The molecule has 0 aliphatic heterocycles. The fourth-order valence-electron chi connectivity index (χ4n) is 5.69. The van der Waals surface area contributed by atoms with Crippen molar-refractivity contribution in [1.29, 1.82) is 5.26 Å². The Hall–Kier alpha value is -2.83. The van der Waals surface area contributed by atoms with Crippen LogP contribution in [0.4, 0.5) is 5.13 Å². The van der Waals surface area contributed by atoms with E-state index in [2.05, 4.69) is 87.1 Å². The summed E-state index contributed by atoms with van der Waals surface area (Å²) in [5.41, 5.74) is 1.29. The zero-order valence-corrected chi connectivity index (χ0v) is 38.4. The van der Waals surface area contributed by atoms with E-state index in [4.69, 9.17) is 4.98 Å². The molecule has 8 nitrogen and oxygen atoms in total. The van der Waals surface area contributed by atoms with Gasteiger partial charge in [-0.1, -0.05) is 147 Å². The summed E-state index contributed by atoms with van der Waals surface area (Å²) in [6.07, 6.45) is 13.4. The van der Waals surface area contributed by atoms with E-state index in [1.807, 2.05) is 40.9 Å². The number of aromatic nitrogens is 1. The lowest BCUT2D eigenvalue weighted by Gasteiger charge is -2.31. The lowest BCUT2D eigenvalue weighted by molar-refractivity contribution is -0.136. The fraction of sp³-hybridized carbons (Fsp3) is 0.756. The maximum atomic E-state index is 14.3. The van der Waals surface area contributed by atoms with Crippen LogP contribution in [0.5, 0.6) is 0 Å². The number of thiazole rings is 1. The number of hydrogen-bond acceptors (Lipinski definition) is 8. The Bertz CT molecular complexity index is 1380. The molecule has 0 saturated heterocycles. The first kappa shape index (κ1) is 51.2. The number of allylic oxidation sites excluding steroid dienone is 1. The molecule has 0 N–H and O–H groups in total. The number of rotatable bonds is 20. The summed E-state index contributed by atoms with van der Waals surface area (Å²) in [7, 11) is 5.35. The van der Waals surface area contributed by atoms with E-state index in [1.54, 1.807) is 23.4 Å². The van der Waals surface area contributed by atoms with Crippen LogP contribution in [0.3, 0.4) is 0 Å². The van der Waals surface area contributed by atoms with Crippen LogP contribution in [0.15, 0.2) is 16.7 Å². The lowest BCUT2D eigenvalue weighted by atomic mass is 9.76. The van der Waals surface area contributed by atoms with Gasteiger partial charge in [0.15, 0.2) is 11.4 Å². The minimum absolute atomic E-state index is 0.00459. The first-order chi connectivity index (χ1) is 24.9. The van der Waals surface area contributed by atoms with Crippen molar-refractivity contribution in [3.8, 4) is 6.07 Å². The summed E-state index contributed by atoms with van der Waals surface area (Å²) in [6, 6.07) is 2.12. The summed E-state index contributed by atoms with van der Waals surface area (Å²) >= 11 is 1.64. The average molecular weight is 770 g/mol. The molecule has 308 valence electrons. The molecule has 1 aromatic heterocycles. The van der Waals surface area contributed by atoms with Gasteiger partial charge in [0.05, 0.1) is 16.1 Å². The second-order valence-electron chi connectivity index (χ2n) is 18.5. The zero-order valence-electron chi connectivity index (χ0n) is 37.6. The molecule has 54 heavy (non-hydrogen) atoms. The number of likely N-dealkylation sites (N-methyl/N-ethyl adjacent to an activating group) is 1. The van der Waals surface area contributed by atoms with E-state index in [-0.39, 0.29) is 33.6 Å². The number of unbranched alkanes of at least 4 members (excludes halogenated alkanes) is 2. The minimum Gasteiger partial charge on any atom is -0.348 e. The van der Waals surface area contributed by atoms with Crippen LogP contribution in [-0.2, 0) is 19.8 Å². The maximum Gasteiger partial charge on any atom is 0.268 e. The summed E-state index contributed by atoms with van der Waals surface area (Å²) in [5, 5.41) is 14.4. The second-order valence-corrected chi connectivity index (χ2v) is 19.5. The molecule has 3 atom stereocenters. The van der Waals surface area contributed by atoms with E-state index in [0.29, 0.717) is 35.7 Å². The Morgan fingerprint density at radius 1 is 0.870 bits per heavy atom. The van der Waals surface area contributed by atoms with Crippen LogP contribution in [0.1, 0.15) is 165 Å². The first-order valence-electron chi connectivity index (χ1n) is 20.4. The highest BCUT2D eigenvalue weighted by atomic mass is 32.1. The summed E-state index contributed by atoms with van der Waals surface area (Å²) < 4.78 is 0. The monoisotopic (exact) mass is 770 g/mol. The third kappa shape index (κ3) is 17.8. The number of nitriles is 1. The van der Waals surface area contributed by atoms with Gasteiger partial charge in [-0.05, 0) is 54.1 Å². The molecule has 0 bridgehead atoms. The van der Waals surface area contributed by atoms with Gasteiger partial charge in [-0.2, -0.15) is 5.26 Å². The predicted molar refractivity (Wildman–Crippen MR) is 232 cm³/mol. The number of amides is 1. The van der Waals surface area contributed by atoms with Gasteiger partial charge < -0.3 is 9.69 Å². The highest BCUT2D eigenvalue weighted by molar-refractivity contribution is 7.16. The van der Waals surface area contributed by atoms with E-state index in [9.17, 15) is 19.6 Å². The molecule has 0 fully saturated rings. The maximum absolute atomic E-state index is 14.3. The number of carbonyl (C=O) groups excluding carboxylic acids is 3. The normalized spacial score (nSPS) is 14.6. The molecular weight excluding hydrogens is 691 g/mol. The van der Waals surface area contributed by atoms with Crippen molar-refractivity contribution in [2.75, 3.05) is 39.1 Å². The van der Waals surface area contributed by atoms with Crippen molar-refractivity contribution in [2.45, 2.75) is 160 Å². The van der Waals surface area contributed by atoms with E-state index < -0.39 is 0 Å². The minimum atomic E-state index is -0.294. The quantitative estimate of drug-likeness (QED) is 0.0428. The van der Waals surface area contributed by atoms with Gasteiger partial charge in [-0.3, -0.25) is 14.6 Å². The van der Waals surface area contributed by atoms with Crippen molar-refractivity contribution >= 4 is 41.0 Å². The van der Waals surface area contributed by atoms with Gasteiger partial charge in [0.1, 0.15) is 12.4 Å². The largest absolute Gasteiger partial charge is 0.348 e. The highest BCUT2D eigenvalue weighted by Crippen LogP contribution is 2.40. The molecule has 0 aliphatic carbocycles. The first-order valence-corrected chi connectivity index (χ1v) is 21.3. The molecule has 0 radical (unpaired) electrons. The Balaban J connectivity index is 0.00000430. The van der Waals surface area contributed by atoms with Crippen molar-refractivity contribution in [3.05, 3.63) is 27.3 Å². The van der Waals surface area contributed by atoms with Crippen molar-refractivity contribution in [2.24, 2.45) is 28.6 Å². The summed E-state index contributed by atoms with van der Waals surface area (Å²) in [6.45, 7) is 31.7. The highest BCUT2D eigenvalue weighted by Gasteiger charge is 2.31. The van der Waals surface area contributed by atoms with Crippen LogP contribution in [0.25, 0.3) is 6.08 Å². The van der Waals surface area contributed by atoms with Gasteiger partial charge in [0.25, 0.3) is 5.91 Å². The van der Waals surface area contributed by atoms with Crippen LogP contribution >= 0.6 is 11.3 Å². The van der Waals surface area contributed by atoms with Crippen molar-refractivity contribution < 1.29 is 14.4 Å². The average Bonchev–Trinajstić information content (AvgIpc) is 3.53. The van der Waals surface area contributed by atoms with E-state index in [1.165, 1.54) is 43.5 Å². The number of nitrogens with zero attached hydrogens (tertiary/aromatic N) is 5. The molecule has 1 amide bonds. The van der Waals surface area contributed by atoms with Gasteiger partial charge in [-0.25, -0.2) is 9.99 Å². The standard InChI is InChI=1S/C40H69N5O2S.C5H10O/c1-15-19-21-30(17-3)26-45(27-31(18-4)22-20-16-2)38-42-36(40(9,10)11)35(48-38)24-34(37(47)44(14)43(12)13)33(32(25-41)28-46)23-29(5)39(6,7)8;1-5(2,3)4-6/h24,28-31H,15-23,26-27H2,1-14H3;4H,1-3H3/b33-32-,34-24-;. The Morgan fingerprint density at radius 3 is 1.69 bits per heavy atom. The van der Waals surface area contributed by atoms with Crippen molar-refractivity contribution in [3.63, 3.8) is 0 Å². The smallest absolute Gasteiger partial charge is 0.268 e. The zero-order chi connectivity index (χ0) is 42.0. The van der Waals surface area contributed by atoms with Crippen LogP contribution in [0.2, 0.25) is 0 Å². The van der Waals surface area contributed by atoms with Crippen LogP contribution in [-0.4, -0.2) is 67.7 Å². The van der Waals surface area contributed by atoms with Gasteiger partial charge in [0, 0.05) is 50.6 Å². The molecule has 3 unspecified atom stereocenters. The third-order valence-corrected chi connectivity index (χ3v) is 11.4. The SMILES string of the molecule is CC(C)(C)C=O.CCCCC(CC)CN(CC(CC)CCCC)c1nc(C(C)(C)C)c(/C=C(C(=O)N(C)N(C)C)/C(CC(C)C(C)(C)C)=C(/C#N)C=O)s1. The number of aldehydes is 2. The molecule has 1 heterocycles. The van der Waals surface area contributed by atoms with Gasteiger partial charge >= 0.3 is 0 Å². The molecule has 0 aromatic carbocycles. The fourth-order valence-corrected chi connectivity index (χ4v) is 6.92. The molecule has 0 aliphatic rings. The van der Waals surface area contributed by atoms with Gasteiger partial charge in [0.2, 0.25) is 0 Å². The van der Waals surface area contributed by atoms with Crippen molar-refractivity contribution in [1.82, 2.24) is 15.0 Å². The van der Waals surface area contributed by atoms with E-state index in [0.717, 1.165) is 47.9 Å². The summed E-state index contributed by atoms with van der Waals surface area (Å²) in [5.74, 6) is 1.02. The lowest BCUT2D eigenvalue weighted by Crippen LogP contribution is -2.40. The number of hydrogen-bond donors (Lipinski definition) is 0. The van der Waals surface area contributed by atoms with E-state index >= 15 is 0 Å². The number of anilines is 1. The van der Waals surface area contributed by atoms with Crippen LogP contribution in [0, 0.1) is 39.9 Å². The topological polar surface area (TPSA) is 97.6 Å². The molecule has 0 saturated carbocycles. The number of carbonyl (C=O) groups is 3. The number of hydrazine groups is 1. The van der Waals surface area contributed by atoms with Crippen LogP contribution < -0.4 is 4.90 Å². The predicted octanol–water partition coefficient (Wildman–Crippen LogP) is 11.3. The Kier molecular flexibility index (Phi) is 22.7. The Labute approximate surface area is 335 Å². The molecule has 1 rings (SSSR count).